The van der Waals surface area contributed by atoms with Crippen molar-refractivity contribution in [1.29, 1.82) is 0 Å². The molecule has 2 aromatic heterocycles. The van der Waals surface area contributed by atoms with E-state index in [1.807, 2.05) is 30.3 Å². The van der Waals surface area contributed by atoms with E-state index in [1.54, 1.807) is 0 Å². The standard InChI is InChI=1S/C22H14BO3S/c24-23-26-21-13-12-20(27-21)15-10-8-14(9-11-15)16-5-3-6-18-17-4-1-2-7-19(17)25-22(16)18/h1-13,24H. The highest BCUT2D eigenvalue weighted by molar-refractivity contribution is 7.17. The topological polar surface area (TPSA) is 42.6 Å². The lowest BCUT2D eigenvalue weighted by molar-refractivity contribution is 0.461. The Balaban J connectivity index is 1.56. The maximum Gasteiger partial charge on any atom is 0.569 e. The van der Waals surface area contributed by atoms with Gasteiger partial charge in [0.1, 0.15) is 11.2 Å². The lowest BCUT2D eigenvalue weighted by Crippen LogP contribution is -1.97. The van der Waals surface area contributed by atoms with Crippen molar-refractivity contribution >= 4 is 41.0 Å². The minimum atomic E-state index is 0.656. The summed E-state index contributed by atoms with van der Waals surface area (Å²) in [6.45, 7) is 0. The zero-order valence-electron chi connectivity index (χ0n) is 14.3. The highest BCUT2D eigenvalue weighted by Crippen LogP contribution is 2.37. The van der Waals surface area contributed by atoms with E-state index < -0.39 is 0 Å². The van der Waals surface area contributed by atoms with Crippen molar-refractivity contribution in [2.75, 3.05) is 0 Å². The monoisotopic (exact) mass is 369 g/mol. The average Bonchev–Trinajstić information content (AvgIpc) is 3.33. The fourth-order valence-electron chi connectivity index (χ4n) is 3.38. The molecule has 0 fully saturated rings. The molecule has 0 aliphatic heterocycles. The third-order valence-corrected chi connectivity index (χ3v) is 5.66. The van der Waals surface area contributed by atoms with E-state index in [0.717, 1.165) is 43.5 Å². The normalized spacial score (nSPS) is 11.1. The van der Waals surface area contributed by atoms with Gasteiger partial charge in [0.25, 0.3) is 0 Å². The van der Waals surface area contributed by atoms with Crippen LogP contribution in [0.1, 0.15) is 0 Å². The van der Waals surface area contributed by atoms with Gasteiger partial charge in [-0.25, -0.2) is 0 Å². The predicted octanol–water partition coefficient (Wildman–Crippen LogP) is 5.89. The van der Waals surface area contributed by atoms with Crippen LogP contribution in [0.4, 0.5) is 0 Å². The van der Waals surface area contributed by atoms with Gasteiger partial charge >= 0.3 is 7.69 Å². The maximum atomic E-state index is 8.75. The van der Waals surface area contributed by atoms with Crippen molar-refractivity contribution in [3.63, 3.8) is 0 Å². The fourth-order valence-corrected chi connectivity index (χ4v) is 4.21. The van der Waals surface area contributed by atoms with E-state index in [2.05, 4.69) is 48.5 Å². The van der Waals surface area contributed by atoms with Crippen LogP contribution in [0, 0.1) is 0 Å². The number of fused-ring (bicyclic) bond motifs is 3. The first kappa shape index (κ1) is 16.2. The van der Waals surface area contributed by atoms with E-state index in [1.165, 1.54) is 11.3 Å². The van der Waals surface area contributed by atoms with Crippen molar-refractivity contribution in [3.8, 4) is 26.6 Å². The third kappa shape index (κ3) is 2.81. The molecule has 1 radical (unpaired) electrons. The number of furan rings is 1. The van der Waals surface area contributed by atoms with Crippen molar-refractivity contribution in [1.82, 2.24) is 0 Å². The second kappa shape index (κ2) is 6.61. The summed E-state index contributed by atoms with van der Waals surface area (Å²) in [5, 5.41) is 11.7. The second-order valence-corrected chi connectivity index (χ2v) is 7.25. The van der Waals surface area contributed by atoms with Gasteiger partial charge in [0, 0.05) is 21.2 Å². The smallest absolute Gasteiger partial charge is 0.530 e. The number of para-hydroxylation sites is 2. The van der Waals surface area contributed by atoms with Crippen LogP contribution in [0.2, 0.25) is 0 Å². The summed E-state index contributed by atoms with van der Waals surface area (Å²) in [6.07, 6.45) is 0. The van der Waals surface area contributed by atoms with E-state index in [0.29, 0.717) is 12.7 Å². The van der Waals surface area contributed by atoms with Crippen molar-refractivity contribution in [2.45, 2.75) is 0 Å². The molecule has 129 valence electrons. The first-order valence-electron chi connectivity index (χ1n) is 8.57. The number of benzene rings is 3. The summed E-state index contributed by atoms with van der Waals surface area (Å²) >= 11 is 1.49. The summed E-state index contributed by atoms with van der Waals surface area (Å²) in [5.74, 6) is 0. The molecule has 5 heteroatoms. The number of thiophene rings is 1. The molecule has 0 spiro atoms. The molecule has 2 heterocycles. The number of hydrogen-bond acceptors (Lipinski definition) is 4. The summed E-state index contributed by atoms with van der Waals surface area (Å²) in [5.41, 5.74) is 5.12. The molecule has 0 aliphatic carbocycles. The Morgan fingerprint density at radius 1 is 0.778 bits per heavy atom. The molecular weight excluding hydrogens is 355 g/mol. The van der Waals surface area contributed by atoms with E-state index >= 15 is 0 Å². The molecule has 0 aliphatic rings. The number of hydrogen-bond donors (Lipinski definition) is 1. The Hall–Kier alpha value is -3.02. The van der Waals surface area contributed by atoms with Crippen LogP contribution in [-0.2, 0) is 0 Å². The first-order chi connectivity index (χ1) is 13.3. The Labute approximate surface area is 160 Å². The molecule has 5 rings (SSSR count). The van der Waals surface area contributed by atoms with Gasteiger partial charge in [-0.1, -0.05) is 60.7 Å². The molecule has 27 heavy (non-hydrogen) atoms. The Kier molecular flexibility index (Phi) is 3.96. The van der Waals surface area contributed by atoms with Crippen molar-refractivity contribution in [2.24, 2.45) is 0 Å². The predicted molar refractivity (Wildman–Crippen MR) is 111 cm³/mol. The lowest BCUT2D eigenvalue weighted by atomic mass is 10.0. The van der Waals surface area contributed by atoms with Crippen LogP contribution in [0.15, 0.2) is 83.3 Å². The molecule has 0 saturated carbocycles. The van der Waals surface area contributed by atoms with E-state index in [4.69, 9.17) is 14.1 Å². The highest BCUT2D eigenvalue weighted by Gasteiger charge is 2.12. The minimum Gasteiger partial charge on any atom is -0.530 e. The zero-order chi connectivity index (χ0) is 18.2. The molecule has 0 bridgehead atoms. The van der Waals surface area contributed by atoms with Crippen LogP contribution >= 0.6 is 11.3 Å². The van der Waals surface area contributed by atoms with Gasteiger partial charge in [0.15, 0.2) is 5.06 Å². The second-order valence-electron chi connectivity index (χ2n) is 6.20. The molecule has 1 N–H and O–H groups in total. The largest absolute Gasteiger partial charge is 0.569 e. The number of rotatable bonds is 4. The third-order valence-electron chi connectivity index (χ3n) is 4.63. The summed E-state index contributed by atoms with van der Waals surface area (Å²) in [4.78, 5) is 1.08. The summed E-state index contributed by atoms with van der Waals surface area (Å²) in [6, 6.07) is 26.6. The summed E-state index contributed by atoms with van der Waals surface area (Å²) < 4.78 is 11.2. The zero-order valence-corrected chi connectivity index (χ0v) is 15.1. The molecule has 3 nitrogen and oxygen atoms in total. The molecule has 0 saturated heterocycles. The quantitative estimate of drug-likeness (QED) is 0.402. The maximum absolute atomic E-state index is 8.75. The van der Waals surface area contributed by atoms with Gasteiger partial charge in [-0.15, -0.1) is 11.3 Å². The van der Waals surface area contributed by atoms with Crippen LogP contribution in [-0.4, -0.2) is 12.7 Å². The van der Waals surface area contributed by atoms with Gasteiger partial charge < -0.3 is 14.1 Å². The molecule has 0 unspecified atom stereocenters. The average molecular weight is 369 g/mol. The van der Waals surface area contributed by atoms with Crippen LogP contribution in [0.5, 0.6) is 5.06 Å². The van der Waals surface area contributed by atoms with Crippen LogP contribution in [0.25, 0.3) is 43.5 Å². The van der Waals surface area contributed by atoms with E-state index in [-0.39, 0.29) is 0 Å². The lowest BCUT2D eigenvalue weighted by Gasteiger charge is -2.04. The van der Waals surface area contributed by atoms with Crippen molar-refractivity contribution < 1.29 is 14.1 Å². The van der Waals surface area contributed by atoms with Gasteiger partial charge in [-0.3, -0.25) is 0 Å². The van der Waals surface area contributed by atoms with E-state index in [9.17, 15) is 0 Å². The first-order valence-corrected chi connectivity index (χ1v) is 9.38. The highest BCUT2D eigenvalue weighted by atomic mass is 32.1. The molecule has 5 aromatic rings. The van der Waals surface area contributed by atoms with Gasteiger partial charge in [-0.2, -0.15) is 0 Å². The van der Waals surface area contributed by atoms with Gasteiger partial charge in [0.05, 0.1) is 0 Å². The molecule has 3 aromatic carbocycles. The van der Waals surface area contributed by atoms with Gasteiger partial charge in [-0.05, 0) is 29.3 Å². The van der Waals surface area contributed by atoms with Crippen LogP contribution in [0.3, 0.4) is 0 Å². The summed E-state index contributed by atoms with van der Waals surface area (Å²) in [7, 11) is 0.701. The minimum absolute atomic E-state index is 0.656. The Morgan fingerprint density at radius 3 is 2.41 bits per heavy atom. The Bertz CT molecular complexity index is 1240. The molecular formula is C22H14BO3S. The molecule has 0 amide bonds. The van der Waals surface area contributed by atoms with Gasteiger partial charge in [0.2, 0.25) is 0 Å². The van der Waals surface area contributed by atoms with Crippen molar-refractivity contribution in [3.05, 3.63) is 78.9 Å². The Morgan fingerprint density at radius 2 is 1.56 bits per heavy atom. The van der Waals surface area contributed by atoms with Crippen LogP contribution < -0.4 is 4.65 Å². The fraction of sp³-hybridized carbons (Fsp3) is 0. The SMILES string of the molecule is O[B]Oc1ccc(-c2ccc(-c3cccc4c3oc3ccccc34)cc2)s1. The molecule has 0 atom stereocenters.